The molecular weight excluding hydrogens is 695 g/mol. The van der Waals surface area contributed by atoms with Gasteiger partial charge in [-0.25, -0.2) is 0 Å². The summed E-state index contributed by atoms with van der Waals surface area (Å²) in [5, 5.41) is 2.60. The van der Waals surface area contributed by atoms with Crippen LogP contribution in [0.25, 0.3) is 75.8 Å². The molecule has 0 amide bonds. The van der Waals surface area contributed by atoms with Crippen LogP contribution in [0.4, 0.5) is 17.1 Å². The second-order valence-electron chi connectivity index (χ2n) is 14.1. The Morgan fingerprint density at radius 2 is 0.661 bits per heavy atom. The lowest BCUT2D eigenvalue weighted by atomic mass is 9.89. The van der Waals surface area contributed by atoms with Gasteiger partial charge in [0.05, 0.1) is 0 Å². The molecule has 0 spiro atoms. The minimum Gasteiger partial charge on any atom is -0.310 e. The first kappa shape index (κ1) is 33.6. The van der Waals surface area contributed by atoms with E-state index in [4.69, 9.17) is 0 Å². The SMILES string of the molecule is c1ccc(-c2ccc(N(c3ccc(-c4ccccc4-c4ccccc4-c4ccccc4)cc3)c3ccc4c(c3)sc3ccccc34)cc2-c2ccccc2)cc1. The summed E-state index contributed by atoms with van der Waals surface area (Å²) in [6, 6.07) is 81.3. The molecule has 10 rings (SSSR count). The Hall–Kier alpha value is -7.00. The molecule has 1 aromatic heterocycles. The van der Waals surface area contributed by atoms with Crippen LogP contribution in [-0.2, 0) is 0 Å². The summed E-state index contributed by atoms with van der Waals surface area (Å²) in [4.78, 5) is 2.41. The third-order valence-corrected chi connectivity index (χ3v) is 11.9. The predicted molar refractivity (Wildman–Crippen MR) is 241 cm³/mol. The third kappa shape index (κ3) is 6.26. The number of fused-ring (bicyclic) bond motifs is 3. The topological polar surface area (TPSA) is 3.24 Å². The molecule has 0 fully saturated rings. The van der Waals surface area contributed by atoms with E-state index in [0.717, 1.165) is 17.1 Å². The summed E-state index contributed by atoms with van der Waals surface area (Å²) < 4.78 is 2.59. The summed E-state index contributed by atoms with van der Waals surface area (Å²) in [6.45, 7) is 0. The summed E-state index contributed by atoms with van der Waals surface area (Å²) in [5.41, 5.74) is 15.4. The van der Waals surface area contributed by atoms with Crippen LogP contribution in [0.3, 0.4) is 0 Å². The molecule has 0 aliphatic carbocycles. The van der Waals surface area contributed by atoms with Gasteiger partial charge in [-0.2, -0.15) is 0 Å². The van der Waals surface area contributed by atoms with Crippen molar-refractivity contribution in [3.05, 3.63) is 224 Å². The Morgan fingerprint density at radius 1 is 0.250 bits per heavy atom. The highest BCUT2D eigenvalue weighted by atomic mass is 32.1. The second-order valence-corrected chi connectivity index (χ2v) is 15.2. The normalized spacial score (nSPS) is 11.2. The maximum atomic E-state index is 2.41. The van der Waals surface area contributed by atoms with Crippen LogP contribution >= 0.6 is 11.3 Å². The number of benzene rings is 9. The first-order chi connectivity index (χ1) is 27.8. The van der Waals surface area contributed by atoms with Crippen LogP contribution in [0, 0.1) is 0 Å². The minimum atomic E-state index is 1.10. The zero-order valence-electron chi connectivity index (χ0n) is 30.7. The van der Waals surface area contributed by atoms with Gasteiger partial charge in [0.25, 0.3) is 0 Å². The van der Waals surface area contributed by atoms with Gasteiger partial charge in [0.2, 0.25) is 0 Å². The van der Waals surface area contributed by atoms with E-state index in [1.54, 1.807) is 0 Å². The monoisotopic (exact) mass is 731 g/mol. The summed E-state index contributed by atoms with van der Waals surface area (Å²) in [5.74, 6) is 0. The van der Waals surface area contributed by atoms with Crippen molar-refractivity contribution >= 4 is 48.6 Å². The zero-order chi connectivity index (χ0) is 37.3. The number of anilines is 3. The number of nitrogens with zero attached hydrogens (tertiary/aromatic N) is 1. The van der Waals surface area contributed by atoms with Gasteiger partial charge in [-0.3, -0.25) is 0 Å². The van der Waals surface area contributed by atoms with Crippen molar-refractivity contribution < 1.29 is 0 Å². The van der Waals surface area contributed by atoms with Crippen LogP contribution in [0.15, 0.2) is 224 Å². The molecule has 0 aliphatic rings. The van der Waals surface area contributed by atoms with Crippen molar-refractivity contribution in [2.24, 2.45) is 0 Å². The molecule has 0 unspecified atom stereocenters. The van der Waals surface area contributed by atoms with Crippen LogP contribution < -0.4 is 4.90 Å². The van der Waals surface area contributed by atoms with E-state index in [-0.39, 0.29) is 0 Å². The molecule has 1 nitrogen and oxygen atoms in total. The molecule has 264 valence electrons. The number of thiophene rings is 1. The molecule has 10 aromatic rings. The molecular formula is C54H37NS. The lowest BCUT2D eigenvalue weighted by molar-refractivity contribution is 1.29. The second kappa shape index (κ2) is 14.7. The van der Waals surface area contributed by atoms with Crippen LogP contribution in [0.5, 0.6) is 0 Å². The maximum absolute atomic E-state index is 2.41. The minimum absolute atomic E-state index is 1.10. The fourth-order valence-electron chi connectivity index (χ4n) is 8.05. The highest BCUT2D eigenvalue weighted by Crippen LogP contribution is 2.44. The van der Waals surface area contributed by atoms with Gasteiger partial charge in [0.15, 0.2) is 0 Å². The Labute approximate surface area is 332 Å². The number of hydrogen-bond acceptors (Lipinski definition) is 2. The van der Waals surface area contributed by atoms with Crippen LogP contribution in [-0.4, -0.2) is 0 Å². The first-order valence-electron chi connectivity index (χ1n) is 19.1. The highest BCUT2D eigenvalue weighted by Gasteiger charge is 2.19. The molecule has 0 atom stereocenters. The van der Waals surface area contributed by atoms with E-state index in [1.165, 1.54) is 75.8 Å². The quantitative estimate of drug-likeness (QED) is 0.150. The fraction of sp³-hybridized carbons (Fsp3) is 0. The molecule has 1 heterocycles. The number of rotatable bonds is 8. The number of hydrogen-bond donors (Lipinski definition) is 0. The summed E-state index contributed by atoms with van der Waals surface area (Å²) in [7, 11) is 0. The molecule has 0 aliphatic heterocycles. The average molecular weight is 732 g/mol. The van der Waals surface area contributed by atoms with E-state index in [1.807, 2.05) is 11.3 Å². The lowest BCUT2D eigenvalue weighted by Crippen LogP contribution is -2.10. The van der Waals surface area contributed by atoms with E-state index < -0.39 is 0 Å². The van der Waals surface area contributed by atoms with Gasteiger partial charge in [-0.1, -0.05) is 182 Å². The van der Waals surface area contributed by atoms with Gasteiger partial charge in [-0.05, 0) is 98.1 Å². The molecule has 0 N–H and O–H groups in total. The van der Waals surface area contributed by atoms with Crippen molar-refractivity contribution in [3.8, 4) is 55.6 Å². The van der Waals surface area contributed by atoms with Crippen molar-refractivity contribution in [2.45, 2.75) is 0 Å². The Bertz CT molecular complexity index is 2950. The largest absolute Gasteiger partial charge is 0.310 e. The Morgan fingerprint density at radius 3 is 1.27 bits per heavy atom. The maximum Gasteiger partial charge on any atom is 0.0476 e. The van der Waals surface area contributed by atoms with Gasteiger partial charge in [-0.15, -0.1) is 11.3 Å². The molecule has 0 bridgehead atoms. The fourth-order valence-corrected chi connectivity index (χ4v) is 9.18. The summed E-state index contributed by atoms with van der Waals surface area (Å²) >= 11 is 1.86. The summed E-state index contributed by atoms with van der Waals surface area (Å²) in [6.07, 6.45) is 0. The van der Waals surface area contributed by atoms with Gasteiger partial charge in [0.1, 0.15) is 0 Å². The van der Waals surface area contributed by atoms with Crippen molar-refractivity contribution in [1.82, 2.24) is 0 Å². The highest BCUT2D eigenvalue weighted by molar-refractivity contribution is 7.25. The lowest BCUT2D eigenvalue weighted by Gasteiger charge is -2.27. The molecule has 0 saturated carbocycles. The average Bonchev–Trinajstić information content (AvgIpc) is 3.66. The molecule has 0 saturated heterocycles. The zero-order valence-corrected chi connectivity index (χ0v) is 31.5. The van der Waals surface area contributed by atoms with E-state index in [9.17, 15) is 0 Å². The van der Waals surface area contributed by atoms with E-state index in [0.29, 0.717) is 0 Å². The Balaban J connectivity index is 1.12. The van der Waals surface area contributed by atoms with Gasteiger partial charge >= 0.3 is 0 Å². The first-order valence-corrected chi connectivity index (χ1v) is 19.9. The standard InChI is InChI=1S/C54H37NS/c1-4-16-38(17-5-1)45-22-10-12-24-48(45)49-25-13-11-23-46(49)41-28-30-42(31-29-41)55(44-33-35-51-50-26-14-15-27-53(50)56-54(51)37-44)43-32-34-47(39-18-6-2-7-19-39)52(36-43)40-20-8-3-9-21-40/h1-37H. The van der Waals surface area contributed by atoms with E-state index >= 15 is 0 Å². The third-order valence-electron chi connectivity index (χ3n) is 10.7. The molecule has 0 radical (unpaired) electrons. The smallest absolute Gasteiger partial charge is 0.0476 e. The van der Waals surface area contributed by atoms with Crippen molar-refractivity contribution in [2.75, 3.05) is 4.90 Å². The van der Waals surface area contributed by atoms with Crippen LogP contribution in [0.2, 0.25) is 0 Å². The van der Waals surface area contributed by atoms with E-state index in [2.05, 4.69) is 229 Å². The molecule has 56 heavy (non-hydrogen) atoms. The van der Waals surface area contributed by atoms with Crippen molar-refractivity contribution in [1.29, 1.82) is 0 Å². The van der Waals surface area contributed by atoms with Crippen molar-refractivity contribution in [3.63, 3.8) is 0 Å². The molecule has 2 heteroatoms. The molecule has 9 aromatic carbocycles. The predicted octanol–water partition coefficient (Wildman–Crippen LogP) is 15.9. The van der Waals surface area contributed by atoms with Crippen LogP contribution in [0.1, 0.15) is 0 Å². The Kier molecular flexibility index (Phi) is 8.79. The van der Waals surface area contributed by atoms with Gasteiger partial charge < -0.3 is 4.90 Å². The van der Waals surface area contributed by atoms with Gasteiger partial charge in [0, 0.05) is 37.2 Å².